The second kappa shape index (κ2) is 6.20. The van der Waals surface area contributed by atoms with Gasteiger partial charge in [-0.2, -0.15) is 0 Å². The van der Waals surface area contributed by atoms with E-state index in [1.165, 1.54) is 12.3 Å². The second-order valence-corrected chi connectivity index (χ2v) is 5.79. The zero-order chi connectivity index (χ0) is 16.4. The minimum Gasteiger partial charge on any atom is -0.477 e. The van der Waals surface area contributed by atoms with Gasteiger partial charge in [0.05, 0.1) is 0 Å². The van der Waals surface area contributed by atoms with Crippen molar-refractivity contribution in [3.63, 3.8) is 0 Å². The summed E-state index contributed by atoms with van der Waals surface area (Å²) < 4.78 is 0. The fraction of sp³-hybridized carbons (Fsp3) is 0.278. The molecule has 1 aliphatic rings. The van der Waals surface area contributed by atoms with Crippen LogP contribution in [0.15, 0.2) is 42.6 Å². The summed E-state index contributed by atoms with van der Waals surface area (Å²) in [5.74, 6) is -0.919. The third-order valence-corrected chi connectivity index (χ3v) is 4.25. The predicted molar refractivity (Wildman–Crippen MR) is 87.0 cm³/mol. The van der Waals surface area contributed by atoms with Crippen LogP contribution in [0.4, 0.5) is 5.69 Å². The number of fused-ring (bicyclic) bond motifs is 1. The van der Waals surface area contributed by atoms with E-state index in [1.54, 1.807) is 11.0 Å². The molecule has 23 heavy (non-hydrogen) atoms. The zero-order valence-electron chi connectivity index (χ0n) is 12.9. The summed E-state index contributed by atoms with van der Waals surface area (Å²) in [6, 6.07) is 10.8. The molecule has 1 aromatic carbocycles. The number of carboxylic acid groups (broad SMARTS) is 1. The summed E-state index contributed by atoms with van der Waals surface area (Å²) in [6.45, 7) is 2.80. The van der Waals surface area contributed by atoms with E-state index in [9.17, 15) is 9.59 Å². The van der Waals surface area contributed by atoms with Gasteiger partial charge in [0.25, 0.3) is 5.91 Å². The number of para-hydroxylation sites is 1. The molecule has 1 amide bonds. The Balaban J connectivity index is 2.00. The Bertz CT molecular complexity index is 757. The molecule has 5 heteroatoms. The van der Waals surface area contributed by atoms with E-state index in [2.05, 4.69) is 18.0 Å². The number of rotatable bonds is 2. The van der Waals surface area contributed by atoms with E-state index in [0.29, 0.717) is 18.0 Å². The molecular formula is C18H18N2O3. The largest absolute Gasteiger partial charge is 0.477 e. The smallest absolute Gasteiger partial charge is 0.354 e. The van der Waals surface area contributed by atoms with E-state index in [1.807, 2.05) is 18.2 Å². The van der Waals surface area contributed by atoms with Crippen molar-refractivity contribution in [3.05, 3.63) is 59.4 Å². The maximum absolute atomic E-state index is 12.9. The maximum Gasteiger partial charge on any atom is 0.354 e. The van der Waals surface area contributed by atoms with Crippen LogP contribution in [0.25, 0.3) is 0 Å². The van der Waals surface area contributed by atoms with Crippen LogP contribution in [0.5, 0.6) is 0 Å². The highest BCUT2D eigenvalue weighted by atomic mass is 16.4. The molecular weight excluding hydrogens is 292 g/mol. The van der Waals surface area contributed by atoms with Crippen molar-refractivity contribution >= 4 is 17.6 Å². The number of benzene rings is 1. The number of anilines is 1. The van der Waals surface area contributed by atoms with E-state index in [4.69, 9.17) is 5.11 Å². The summed E-state index contributed by atoms with van der Waals surface area (Å²) in [6.07, 6.45) is 3.30. The standard InChI is InChI=1S/C18H18N2O3/c1-12-5-4-10-20(16-7-3-2-6-14(12)16)17(21)13-8-9-19-15(11-13)18(22)23/h2-3,6-9,11-12H,4-5,10H2,1H3,(H,22,23). The Morgan fingerprint density at radius 3 is 2.83 bits per heavy atom. The molecule has 1 unspecified atom stereocenters. The van der Waals surface area contributed by atoms with E-state index >= 15 is 0 Å². The van der Waals surface area contributed by atoms with Gasteiger partial charge in [-0.3, -0.25) is 4.79 Å². The lowest BCUT2D eigenvalue weighted by Gasteiger charge is -2.23. The summed E-state index contributed by atoms with van der Waals surface area (Å²) in [5.41, 5.74) is 2.30. The number of aromatic carboxylic acids is 1. The molecule has 3 rings (SSSR count). The van der Waals surface area contributed by atoms with Gasteiger partial charge in [0, 0.05) is 24.0 Å². The third-order valence-electron chi connectivity index (χ3n) is 4.25. The number of nitrogens with zero attached hydrogens (tertiary/aromatic N) is 2. The van der Waals surface area contributed by atoms with Crippen molar-refractivity contribution < 1.29 is 14.7 Å². The number of carbonyl (C=O) groups is 2. The molecule has 0 fully saturated rings. The van der Waals surface area contributed by atoms with Crippen LogP contribution in [-0.4, -0.2) is 28.5 Å². The van der Waals surface area contributed by atoms with Gasteiger partial charge in [-0.05, 0) is 42.5 Å². The highest BCUT2D eigenvalue weighted by molar-refractivity contribution is 6.07. The van der Waals surface area contributed by atoms with Crippen molar-refractivity contribution in [1.82, 2.24) is 4.98 Å². The van der Waals surface area contributed by atoms with E-state index in [0.717, 1.165) is 24.1 Å². The van der Waals surface area contributed by atoms with Gasteiger partial charge in [0.1, 0.15) is 5.69 Å². The van der Waals surface area contributed by atoms with E-state index < -0.39 is 5.97 Å². The van der Waals surface area contributed by atoms with Gasteiger partial charge in [0.2, 0.25) is 0 Å². The summed E-state index contributed by atoms with van der Waals surface area (Å²) in [5, 5.41) is 9.05. The summed E-state index contributed by atoms with van der Waals surface area (Å²) >= 11 is 0. The van der Waals surface area contributed by atoms with Gasteiger partial charge in [-0.25, -0.2) is 9.78 Å². The lowest BCUT2D eigenvalue weighted by Crippen LogP contribution is -2.32. The lowest BCUT2D eigenvalue weighted by molar-refractivity contribution is 0.0690. The molecule has 1 aromatic heterocycles. The fourth-order valence-electron chi connectivity index (χ4n) is 3.03. The number of carboxylic acids is 1. The Morgan fingerprint density at radius 2 is 2.04 bits per heavy atom. The third kappa shape index (κ3) is 2.95. The monoisotopic (exact) mass is 310 g/mol. The van der Waals surface area contributed by atoms with Crippen LogP contribution < -0.4 is 4.90 Å². The number of hydrogen-bond acceptors (Lipinski definition) is 3. The van der Waals surface area contributed by atoms with Crippen molar-refractivity contribution in [3.8, 4) is 0 Å². The van der Waals surface area contributed by atoms with Crippen LogP contribution in [-0.2, 0) is 0 Å². The summed E-state index contributed by atoms with van der Waals surface area (Å²) in [7, 11) is 0. The number of aromatic nitrogens is 1. The Labute approximate surface area is 134 Å². The van der Waals surface area contributed by atoms with Crippen LogP contribution in [0.1, 0.15) is 52.1 Å². The first-order valence-corrected chi connectivity index (χ1v) is 7.68. The molecule has 118 valence electrons. The first-order valence-electron chi connectivity index (χ1n) is 7.68. The maximum atomic E-state index is 12.9. The molecule has 5 nitrogen and oxygen atoms in total. The molecule has 0 radical (unpaired) electrons. The van der Waals surface area contributed by atoms with Gasteiger partial charge in [-0.1, -0.05) is 25.1 Å². The van der Waals surface area contributed by atoms with Gasteiger partial charge < -0.3 is 10.0 Å². The predicted octanol–water partition coefficient (Wildman–Crippen LogP) is 3.32. The van der Waals surface area contributed by atoms with Crippen LogP contribution in [0, 0.1) is 0 Å². The molecule has 0 bridgehead atoms. The fourth-order valence-corrected chi connectivity index (χ4v) is 3.03. The van der Waals surface area contributed by atoms with Gasteiger partial charge in [-0.15, -0.1) is 0 Å². The lowest BCUT2D eigenvalue weighted by atomic mass is 9.96. The minimum atomic E-state index is -1.13. The van der Waals surface area contributed by atoms with Crippen LogP contribution in [0.3, 0.4) is 0 Å². The van der Waals surface area contributed by atoms with Crippen molar-refractivity contribution in [2.24, 2.45) is 0 Å². The topological polar surface area (TPSA) is 70.5 Å². The normalized spacial score (nSPS) is 17.3. The molecule has 1 atom stereocenters. The van der Waals surface area contributed by atoms with Crippen molar-refractivity contribution in [2.45, 2.75) is 25.7 Å². The SMILES string of the molecule is CC1CCCN(C(=O)c2ccnc(C(=O)O)c2)c2ccccc21. The highest BCUT2D eigenvalue weighted by Gasteiger charge is 2.25. The molecule has 0 saturated carbocycles. The molecule has 1 aliphatic heterocycles. The molecule has 0 saturated heterocycles. The summed E-state index contributed by atoms with van der Waals surface area (Å²) in [4.78, 5) is 29.5. The molecule has 0 aliphatic carbocycles. The zero-order valence-corrected chi connectivity index (χ0v) is 12.9. The van der Waals surface area contributed by atoms with Crippen LogP contribution >= 0.6 is 0 Å². The number of carbonyl (C=O) groups excluding carboxylic acids is 1. The number of amides is 1. The molecule has 0 spiro atoms. The van der Waals surface area contributed by atoms with E-state index in [-0.39, 0.29) is 11.6 Å². The van der Waals surface area contributed by atoms with Gasteiger partial charge in [0.15, 0.2) is 0 Å². The first-order chi connectivity index (χ1) is 11.1. The minimum absolute atomic E-state index is 0.118. The Kier molecular flexibility index (Phi) is 4.10. The van der Waals surface area contributed by atoms with Crippen molar-refractivity contribution in [2.75, 3.05) is 11.4 Å². The second-order valence-electron chi connectivity index (χ2n) is 5.79. The van der Waals surface area contributed by atoms with Crippen molar-refractivity contribution in [1.29, 1.82) is 0 Å². The highest BCUT2D eigenvalue weighted by Crippen LogP contribution is 2.34. The first kappa shape index (κ1) is 15.2. The average molecular weight is 310 g/mol. The Hall–Kier alpha value is -2.69. The quantitative estimate of drug-likeness (QED) is 0.923. The number of pyridine rings is 1. The average Bonchev–Trinajstić information content (AvgIpc) is 2.74. The molecule has 1 N–H and O–H groups in total. The molecule has 2 aromatic rings. The van der Waals surface area contributed by atoms with Gasteiger partial charge >= 0.3 is 5.97 Å². The van der Waals surface area contributed by atoms with Crippen LogP contribution in [0.2, 0.25) is 0 Å². The molecule has 2 heterocycles. The number of hydrogen-bond donors (Lipinski definition) is 1. The Morgan fingerprint density at radius 1 is 1.26 bits per heavy atom.